The molecular weight excluding hydrogens is 555 g/mol. The Bertz CT molecular complexity index is 1370. The van der Waals surface area contributed by atoms with Crippen molar-refractivity contribution in [2.45, 2.75) is 70.7 Å². The number of hydrogen-bond donors (Lipinski definition) is 1. The minimum Gasteiger partial charge on any atom is -0.379 e. The van der Waals surface area contributed by atoms with Crippen LogP contribution in [0.2, 0.25) is 0 Å². The number of pyridine rings is 1. The van der Waals surface area contributed by atoms with Crippen LogP contribution >= 0.6 is 15.8 Å². The molecule has 4 aromatic rings. The van der Waals surface area contributed by atoms with Gasteiger partial charge in [0, 0.05) is 22.8 Å². The lowest BCUT2D eigenvalue weighted by molar-refractivity contribution is -0.137. The van der Waals surface area contributed by atoms with E-state index in [2.05, 4.69) is 52.9 Å². The Morgan fingerprint density at radius 1 is 0.659 bits per heavy atom. The number of halogens is 3. The van der Waals surface area contributed by atoms with Crippen LogP contribution in [0.5, 0.6) is 0 Å². The summed E-state index contributed by atoms with van der Waals surface area (Å²) in [5.74, 6) is 0. The van der Waals surface area contributed by atoms with E-state index >= 15 is 0 Å². The molecule has 3 aromatic carbocycles. The zero-order valence-corrected chi connectivity index (χ0v) is 26.4. The standard InChI is InChI=1S/C34H39F3N2P2/c1-32(2,3)40(33(4,5)6)24-27-15-13-14-26(39-27)23-38-30-21-20-25(34(35,36)37)22-31(30)41(28-16-9-7-10-17-28)29-18-11-8-12-19-29/h7-22,38H,23-24H2,1-6H3. The van der Waals surface area contributed by atoms with Gasteiger partial charge < -0.3 is 5.32 Å². The summed E-state index contributed by atoms with van der Waals surface area (Å²) >= 11 is 0. The topological polar surface area (TPSA) is 24.9 Å². The van der Waals surface area contributed by atoms with E-state index in [1.165, 1.54) is 12.1 Å². The lowest BCUT2D eigenvalue weighted by atomic mass is 10.2. The number of benzene rings is 3. The summed E-state index contributed by atoms with van der Waals surface area (Å²) in [6.45, 7) is 14.2. The fourth-order valence-electron chi connectivity index (χ4n) is 5.17. The van der Waals surface area contributed by atoms with Gasteiger partial charge in [0.15, 0.2) is 0 Å². The first-order valence-electron chi connectivity index (χ1n) is 13.8. The third-order valence-electron chi connectivity index (χ3n) is 6.86. The summed E-state index contributed by atoms with van der Waals surface area (Å²) in [6.07, 6.45) is -3.51. The average Bonchev–Trinajstić information content (AvgIpc) is 2.91. The molecule has 7 heteroatoms. The van der Waals surface area contributed by atoms with Crippen molar-refractivity contribution in [1.29, 1.82) is 0 Å². The van der Waals surface area contributed by atoms with Gasteiger partial charge in [0.2, 0.25) is 0 Å². The van der Waals surface area contributed by atoms with Crippen LogP contribution in [0.15, 0.2) is 97.1 Å². The van der Waals surface area contributed by atoms with Crippen LogP contribution in [0.4, 0.5) is 18.9 Å². The maximum absolute atomic E-state index is 13.9. The Morgan fingerprint density at radius 3 is 1.71 bits per heavy atom. The minimum absolute atomic E-state index is 0.185. The maximum atomic E-state index is 13.9. The summed E-state index contributed by atoms with van der Waals surface area (Å²) in [5.41, 5.74) is 1.98. The Hall–Kier alpha value is -2.74. The lowest BCUT2D eigenvalue weighted by Crippen LogP contribution is -2.26. The van der Waals surface area contributed by atoms with Crippen LogP contribution in [-0.4, -0.2) is 15.3 Å². The second-order valence-corrected chi connectivity index (χ2v) is 18.2. The van der Waals surface area contributed by atoms with Crippen molar-refractivity contribution in [3.05, 3.63) is 114 Å². The van der Waals surface area contributed by atoms with E-state index in [1.54, 1.807) is 6.07 Å². The van der Waals surface area contributed by atoms with Crippen molar-refractivity contribution in [3.8, 4) is 0 Å². The average molecular weight is 595 g/mol. The number of aromatic nitrogens is 1. The van der Waals surface area contributed by atoms with Gasteiger partial charge in [-0.1, -0.05) is 116 Å². The molecule has 0 radical (unpaired) electrons. The van der Waals surface area contributed by atoms with Crippen LogP contribution < -0.4 is 21.2 Å². The van der Waals surface area contributed by atoms with Gasteiger partial charge in [0.1, 0.15) is 0 Å². The molecule has 216 valence electrons. The fourth-order valence-corrected chi connectivity index (χ4v) is 11.1. The first kappa shape index (κ1) is 31.2. The van der Waals surface area contributed by atoms with Crippen molar-refractivity contribution < 1.29 is 13.2 Å². The van der Waals surface area contributed by atoms with Crippen LogP contribution in [0.1, 0.15) is 58.5 Å². The molecule has 0 amide bonds. The second kappa shape index (κ2) is 12.6. The van der Waals surface area contributed by atoms with E-state index in [0.29, 0.717) is 17.5 Å². The van der Waals surface area contributed by atoms with E-state index in [4.69, 9.17) is 4.98 Å². The molecule has 0 atom stereocenters. The van der Waals surface area contributed by atoms with Gasteiger partial charge in [0.25, 0.3) is 0 Å². The highest BCUT2D eigenvalue weighted by Crippen LogP contribution is 2.61. The maximum Gasteiger partial charge on any atom is 0.416 e. The van der Waals surface area contributed by atoms with Crippen molar-refractivity contribution in [2.75, 3.05) is 5.32 Å². The van der Waals surface area contributed by atoms with Crippen molar-refractivity contribution in [1.82, 2.24) is 4.98 Å². The van der Waals surface area contributed by atoms with E-state index in [0.717, 1.165) is 28.2 Å². The first-order chi connectivity index (χ1) is 19.2. The predicted octanol–water partition coefficient (Wildman–Crippen LogP) is 9.05. The Kier molecular flexibility index (Phi) is 9.62. The molecule has 0 saturated heterocycles. The largest absolute Gasteiger partial charge is 0.416 e. The van der Waals surface area contributed by atoms with E-state index in [1.807, 2.05) is 72.8 Å². The number of rotatable bonds is 8. The Labute approximate surface area is 245 Å². The molecule has 0 aliphatic heterocycles. The highest BCUT2D eigenvalue weighted by atomic mass is 31.1. The minimum atomic E-state index is -4.43. The zero-order chi connectivity index (χ0) is 29.8. The third-order valence-corrected chi connectivity index (χ3v) is 13.2. The summed E-state index contributed by atoms with van der Waals surface area (Å²) in [6, 6.07) is 29.8. The van der Waals surface area contributed by atoms with Crippen LogP contribution in [0.3, 0.4) is 0 Å². The van der Waals surface area contributed by atoms with E-state index < -0.39 is 19.7 Å². The quantitative estimate of drug-likeness (QED) is 0.206. The van der Waals surface area contributed by atoms with Gasteiger partial charge in [0.05, 0.1) is 17.8 Å². The zero-order valence-electron chi connectivity index (χ0n) is 24.6. The highest BCUT2D eigenvalue weighted by Gasteiger charge is 2.35. The van der Waals surface area contributed by atoms with Gasteiger partial charge in [-0.15, -0.1) is 0 Å². The summed E-state index contributed by atoms with van der Waals surface area (Å²) < 4.78 is 41.7. The number of anilines is 1. The van der Waals surface area contributed by atoms with Gasteiger partial charge in [-0.3, -0.25) is 4.98 Å². The number of nitrogens with one attached hydrogen (secondary N) is 1. The van der Waals surface area contributed by atoms with Gasteiger partial charge in [-0.05, 0) is 59.2 Å². The van der Waals surface area contributed by atoms with Crippen LogP contribution in [0.25, 0.3) is 0 Å². The van der Waals surface area contributed by atoms with Crippen molar-refractivity contribution in [2.24, 2.45) is 0 Å². The molecule has 0 aliphatic rings. The summed E-state index contributed by atoms with van der Waals surface area (Å²) in [7, 11) is -1.59. The first-order valence-corrected chi connectivity index (χ1v) is 16.7. The molecule has 4 rings (SSSR count). The normalized spacial score (nSPS) is 12.7. The summed E-state index contributed by atoms with van der Waals surface area (Å²) in [5, 5.41) is 6.47. The molecular formula is C34H39F3N2P2. The monoisotopic (exact) mass is 594 g/mol. The smallest absolute Gasteiger partial charge is 0.379 e. The van der Waals surface area contributed by atoms with Gasteiger partial charge >= 0.3 is 6.18 Å². The van der Waals surface area contributed by atoms with E-state index in [-0.39, 0.29) is 18.2 Å². The van der Waals surface area contributed by atoms with Crippen LogP contribution in [-0.2, 0) is 18.9 Å². The molecule has 41 heavy (non-hydrogen) atoms. The lowest BCUT2D eigenvalue weighted by Gasteiger charge is -2.41. The fraction of sp³-hybridized carbons (Fsp3) is 0.324. The highest BCUT2D eigenvalue weighted by molar-refractivity contribution is 7.80. The molecule has 0 bridgehead atoms. The van der Waals surface area contributed by atoms with Crippen molar-refractivity contribution >= 4 is 37.4 Å². The van der Waals surface area contributed by atoms with Crippen LogP contribution in [0, 0.1) is 0 Å². The molecule has 0 saturated carbocycles. The van der Waals surface area contributed by atoms with Crippen molar-refractivity contribution in [3.63, 3.8) is 0 Å². The number of hydrogen-bond acceptors (Lipinski definition) is 2. The third kappa shape index (κ3) is 8.18. The molecule has 2 nitrogen and oxygen atoms in total. The predicted molar refractivity (Wildman–Crippen MR) is 172 cm³/mol. The molecule has 1 heterocycles. The molecule has 0 aliphatic carbocycles. The molecule has 1 N–H and O–H groups in total. The molecule has 0 fully saturated rings. The van der Waals surface area contributed by atoms with Gasteiger partial charge in [-0.2, -0.15) is 13.2 Å². The SMILES string of the molecule is CC(C)(C)P(Cc1cccc(CNc2ccc(C(F)(F)F)cc2P(c2ccccc2)c2ccccc2)n1)C(C)(C)C. The molecule has 0 spiro atoms. The Morgan fingerprint density at radius 2 is 1.20 bits per heavy atom. The van der Waals surface area contributed by atoms with Gasteiger partial charge in [-0.25, -0.2) is 0 Å². The molecule has 1 aromatic heterocycles. The van der Waals surface area contributed by atoms with E-state index in [9.17, 15) is 13.2 Å². The number of alkyl halides is 3. The second-order valence-electron chi connectivity index (χ2n) is 12.1. The Balaban J connectivity index is 1.70. The number of nitrogens with zero attached hydrogens (tertiary/aromatic N) is 1. The summed E-state index contributed by atoms with van der Waals surface area (Å²) in [4.78, 5) is 4.98. The molecule has 0 unspecified atom stereocenters.